The van der Waals surface area contributed by atoms with Crippen molar-refractivity contribution in [3.63, 3.8) is 0 Å². The molecule has 0 aliphatic carbocycles. The molecular weight excluding hydrogens is 214 g/mol. The van der Waals surface area contributed by atoms with Crippen molar-refractivity contribution in [2.24, 2.45) is 0 Å². The lowest BCUT2D eigenvalue weighted by molar-refractivity contribution is 0.304. The summed E-state index contributed by atoms with van der Waals surface area (Å²) in [7, 11) is 1.92. The zero-order valence-electron chi connectivity index (χ0n) is 10.1. The Balaban J connectivity index is 2.68. The average molecular weight is 231 g/mol. The van der Waals surface area contributed by atoms with Crippen LogP contribution in [0.2, 0.25) is 0 Å². The summed E-state index contributed by atoms with van der Waals surface area (Å²) < 4.78 is 0. The van der Waals surface area contributed by atoms with Gasteiger partial charge in [-0.1, -0.05) is 6.07 Å². The number of hydrogen-bond donors (Lipinski definition) is 2. The number of aryl methyl sites for hydroxylation is 1. The SMILES string of the molecule is Cc1ccc(N)c2ccnc(N(C)CCO)c12. The van der Waals surface area contributed by atoms with Crippen molar-refractivity contribution in [2.75, 3.05) is 30.8 Å². The number of fused-ring (bicyclic) bond motifs is 1. The summed E-state index contributed by atoms with van der Waals surface area (Å²) in [6.07, 6.45) is 1.75. The fraction of sp³-hybridized carbons (Fsp3) is 0.308. The highest BCUT2D eigenvalue weighted by Crippen LogP contribution is 2.30. The average Bonchev–Trinajstić information content (AvgIpc) is 2.34. The molecule has 90 valence electrons. The van der Waals surface area contributed by atoms with Crippen molar-refractivity contribution in [1.82, 2.24) is 4.98 Å². The zero-order valence-corrected chi connectivity index (χ0v) is 10.1. The third kappa shape index (κ3) is 2.03. The molecule has 0 spiro atoms. The van der Waals surface area contributed by atoms with Gasteiger partial charge in [0.25, 0.3) is 0 Å². The molecule has 0 radical (unpaired) electrons. The Hall–Kier alpha value is -1.81. The largest absolute Gasteiger partial charge is 0.398 e. The van der Waals surface area contributed by atoms with Crippen molar-refractivity contribution in [1.29, 1.82) is 0 Å². The van der Waals surface area contributed by atoms with Crippen LogP contribution in [0.15, 0.2) is 24.4 Å². The molecule has 2 aromatic rings. The number of nitrogens with zero attached hydrogens (tertiary/aromatic N) is 2. The molecule has 0 atom stereocenters. The van der Waals surface area contributed by atoms with Gasteiger partial charge in [-0.2, -0.15) is 0 Å². The number of aromatic nitrogens is 1. The quantitative estimate of drug-likeness (QED) is 0.787. The monoisotopic (exact) mass is 231 g/mol. The van der Waals surface area contributed by atoms with Crippen LogP contribution in [0.3, 0.4) is 0 Å². The van der Waals surface area contributed by atoms with Crippen LogP contribution in [0.4, 0.5) is 11.5 Å². The van der Waals surface area contributed by atoms with E-state index in [0.717, 1.165) is 27.8 Å². The van der Waals surface area contributed by atoms with Gasteiger partial charge in [0.15, 0.2) is 0 Å². The minimum Gasteiger partial charge on any atom is -0.398 e. The molecule has 0 aliphatic rings. The molecule has 0 saturated carbocycles. The number of nitrogens with two attached hydrogens (primary N) is 1. The Bertz CT molecular complexity index is 539. The van der Waals surface area contributed by atoms with Crippen LogP contribution >= 0.6 is 0 Å². The van der Waals surface area contributed by atoms with Gasteiger partial charge < -0.3 is 15.7 Å². The van der Waals surface area contributed by atoms with Crippen LogP contribution in [0.1, 0.15) is 5.56 Å². The molecule has 0 saturated heterocycles. The van der Waals surface area contributed by atoms with Crippen LogP contribution < -0.4 is 10.6 Å². The molecule has 1 heterocycles. The minimum absolute atomic E-state index is 0.107. The lowest BCUT2D eigenvalue weighted by Gasteiger charge is -2.20. The van der Waals surface area contributed by atoms with E-state index in [1.807, 2.05) is 37.1 Å². The van der Waals surface area contributed by atoms with Crippen molar-refractivity contribution >= 4 is 22.3 Å². The number of likely N-dealkylation sites (N-methyl/N-ethyl adjacent to an activating group) is 1. The van der Waals surface area contributed by atoms with E-state index in [4.69, 9.17) is 10.8 Å². The van der Waals surface area contributed by atoms with E-state index >= 15 is 0 Å². The second kappa shape index (κ2) is 4.59. The number of aliphatic hydroxyl groups is 1. The zero-order chi connectivity index (χ0) is 12.4. The van der Waals surface area contributed by atoms with E-state index in [1.165, 1.54) is 0 Å². The van der Waals surface area contributed by atoms with Crippen LogP contribution in [0.5, 0.6) is 0 Å². The highest BCUT2D eigenvalue weighted by molar-refractivity contribution is 6.01. The number of nitrogen functional groups attached to an aromatic ring is 1. The van der Waals surface area contributed by atoms with Crippen molar-refractivity contribution in [3.8, 4) is 0 Å². The Morgan fingerprint density at radius 1 is 1.35 bits per heavy atom. The van der Waals surface area contributed by atoms with Gasteiger partial charge in [0.05, 0.1) is 6.61 Å². The Morgan fingerprint density at radius 2 is 2.12 bits per heavy atom. The fourth-order valence-electron chi connectivity index (χ4n) is 2.01. The van der Waals surface area contributed by atoms with Crippen molar-refractivity contribution < 1.29 is 5.11 Å². The van der Waals surface area contributed by atoms with E-state index in [0.29, 0.717) is 6.54 Å². The Labute approximate surface area is 101 Å². The second-order valence-corrected chi connectivity index (χ2v) is 4.17. The number of pyridine rings is 1. The molecular formula is C13H17N3O. The van der Waals surface area contributed by atoms with E-state index in [2.05, 4.69) is 4.98 Å². The summed E-state index contributed by atoms with van der Waals surface area (Å²) in [4.78, 5) is 6.33. The van der Waals surface area contributed by atoms with Gasteiger partial charge in [-0.15, -0.1) is 0 Å². The molecule has 0 amide bonds. The lowest BCUT2D eigenvalue weighted by Crippen LogP contribution is -2.22. The van der Waals surface area contributed by atoms with E-state index in [1.54, 1.807) is 6.20 Å². The predicted molar refractivity (Wildman–Crippen MR) is 71.2 cm³/mol. The highest BCUT2D eigenvalue weighted by atomic mass is 16.3. The summed E-state index contributed by atoms with van der Waals surface area (Å²) in [5.41, 5.74) is 7.87. The van der Waals surface area contributed by atoms with Gasteiger partial charge in [0.1, 0.15) is 5.82 Å². The smallest absolute Gasteiger partial charge is 0.136 e. The summed E-state index contributed by atoms with van der Waals surface area (Å²) in [6, 6.07) is 5.83. The number of hydrogen-bond acceptors (Lipinski definition) is 4. The molecule has 4 nitrogen and oxygen atoms in total. The van der Waals surface area contributed by atoms with Crippen molar-refractivity contribution in [2.45, 2.75) is 6.92 Å². The van der Waals surface area contributed by atoms with Gasteiger partial charge in [-0.3, -0.25) is 0 Å². The third-order valence-corrected chi connectivity index (χ3v) is 2.95. The van der Waals surface area contributed by atoms with Crippen LogP contribution in [-0.4, -0.2) is 30.3 Å². The number of anilines is 2. The van der Waals surface area contributed by atoms with Gasteiger partial charge >= 0.3 is 0 Å². The summed E-state index contributed by atoms with van der Waals surface area (Å²) >= 11 is 0. The van der Waals surface area contributed by atoms with Gasteiger partial charge in [0, 0.05) is 36.2 Å². The summed E-state index contributed by atoms with van der Waals surface area (Å²) in [6.45, 7) is 2.70. The first-order valence-corrected chi connectivity index (χ1v) is 5.61. The van der Waals surface area contributed by atoms with E-state index in [9.17, 15) is 0 Å². The van der Waals surface area contributed by atoms with Crippen LogP contribution in [0.25, 0.3) is 10.8 Å². The number of rotatable bonds is 3. The molecule has 1 aromatic heterocycles. The third-order valence-electron chi connectivity index (χ3n) is 2.95. The summed E-state index contributed by atoms with van der Waals surface area (Å²) in [5.74, 6) is 0.862. The fourth-order valence-corrected chi connectivity index (χ4v) is 2.01. The molecule has 0 fully saturated rings. The minimum atomic E-state index is 0.107. The Kier molecular flexibility index (Phi) is 3.15. The molecule has 2 rings (SSSR count). The number of benzene rings is 1. The molecule has 1 aromatic carbocycles. The highest BCUT2D eigenvalue weighted by Gasteiger charge is 2.10. The molecule has 17 heavy (non-hydrogen) atoms. The second-order valence-electron chi connectivity index (χ2n) is 4.17. The molecule has 3 N–H and O–H groups in total. The maximum Gasteiger partial charge on any atom is 0.136 e. The lowest BCUT2D eigenvalue weighted by atomic mass is 10.0. The number of aliphatic hydroxyl groups excluding tert-OH is 1. The Morgan fingerprint density at radius 3 is 2.82 bits per heavy atom. The topological polar surface area (TPSA) is 62.4 Å². The van der Waals surface area contributed by atoms with Crippen molar-refractivity contribution in [3.05, 3.63) is 30.0 Å². The van der Waals surface area contributed by atoms with E-state index < -0.39 is 0 Å². The maximum absolute atomic E-state index is 9.00. The molecule has 0 unspecified atom stereocenters. The molecule has 0 aliphatic heterocycles. The normalized spacial score (nSPS) is 10.8. The predicted octanol–water partition coefficient (Wildman–Crippen LogP) is 1.55. The first-order chi connectivity index (χ1) is 8.15. The maximum atomic E-state index is 9.00. The van der Waals surface area contributed by atoms with Crippen LogP contribution in [0, 0.1) is 6.92 Å². The van der Waals surface area contributed by atoms with Gasteiger partial charge in [-0.05, 0) is 24.6 Å². The van der Waals surface area contributed by atoms with Gasteiger partial charge in [-0.25, -0.2) is 4.98 Å². The summed E-state index contributed by atoms with van der Waals surface area (Å²) in [5, 5.41) is 11.1. The molecule has 4 heteroatoms. The first-order valence-electron chi connectivity index (χ1n) is 5.61. The van der Waals surface area contributed by atoms with Gasteiger partial charge in [0.2, 0.25) is 0 Å². The van der Waals surface area contributed by atoms with Crippen LogP contribution in [-0.2, 0) is 0 Å². The first kappa shape index (κ1) is 11.7. The van der Waals surface area contributed by atoms with E-state index in [-0.39, 0.29) is 6.61 Å². The standard InChI is InChI=1S/C13H17N3O/c1-9-3-4-11(14)10-5-6-15-13(12(9)10)16(2)7-8-17/h3-6,17H,7-8,14H2,1-2H3. The molecule has 0 bridgehead atoms.